The summed E-state index contributed by atoms with van der Waals surface area (Å²) in [4.78, 5) is 23.7. The lowest BCUT2D eigenvalue weighted by atomic mass is 10.2. The van der Waals surface area contributed by atoms with Crippen LogP contribution in [-0.2, 0) is 11.3 Å². The average Bonchev–Trinajstić information content (AvgIpc) is 3.09. The molecule has 7 nitrogen and oxygen atoms in total. The maximum Gasteiger partial charge on any atom is 0.437 e. The molecule has 2 heterocycles. The number of aromatic nitrogens is 2. The molecule has 0 aliphatic rings. The molecule has 1 N–H and O–H groups in total. The summed E-state index contributed by atoms with van der Waals surface area (Å²) in [6.07, 6.45) is 1.44. The number of carbonyl (C=O) groups is 1. The summed E-state index contributed by atoms with van der Waals surface area (Å²) in [5, 5.41) is 6.63. The highest BCUT2D eigenvalue weighted by Gasteiger charge is 2.14. The minimum Gasteiger partial charge on any atom is -0.459 e. The predicted octanol–water partition coefficient (Wildman–Crippen LogP) is 2.04. The molecule has 0 spiro atoms. The van der Waals surface area contributed by atoms with E-state index in [0.717, 1.165) is 10.2 Å². The lowest BCUT2D eigenvalue weighted by Crippen LogP contribution is -2.25. The first-order valence-electron chi connectivity index (χ1n) is 6.60. The molecule has 0 atom stereocenters. The second-order valence-corrected chi connectivity index (χ2v) is 4.73. The van der Waals surface area contributed by atoms with Gasteiger partial charge in [0.1, 0.15) is 6.54 Å². The number of benzene rings is 1. The summed E-state index contributed by atoms with van der Waals surface area (Å²) in [6.45, 7) is 1.68. The van der Waals surface area contributed by atoms with Crippen LogP contribution in [-0.4, -0.2) is 15.7 Å². The molecule has 0 unspecified atom stereocenters. The zero-order valence-corrected chi connectivity index (χ0v) is 11.8. The second-order valence-electron chi connectivity index (χ2n) is 4.73. The number of nitrogens with zero attached hydrogens (tertiary/aromatic N) is 2. The molecule has 3 aromatic rings. The van der Waals surface area contributed by atoms with Gasteiger partial charge in [0.15, 0.2) is 5.76 Å². The molecule has 1 amide bonds. The number of nitrogens with one attached hydrogen (secondary N) is 1. The first kappa shape index (κ1) is 13.9. The standard InChI is InChI=1S/C15H13N3O4/c1-10-4-2-5-11(8-10)16-13(19)9-18-15(20)22-14(17-18)12-6-3-7-21-12/h2-8H,9H2,1H3,(H,16,19). The van der Waals surface area contributed by atoms with Crippen LogP contribution in [0.4, 0.5) is 5.69 Å². The smallest absolute Gasteiger partial charge is 0.437 e. The Morgan fingerprint density at radius 3 is 2.91 bits per heavy atom. The predicted molar refractivity (Wildman–Crippen MR) is 78.3 cm³/mol. The fourth-order valence-corrected chi connectivity index (χ4v) is 1.97. The average molecular weight is 299 g/mol. The fraction of sp³-hybridized carbons (Fsp3) is 0.133. The fourth-order valence-electron chi connectivity index (χ4n) is 1.97. The molecule has 0 saturated heterocycles. The van der Waals surface area contributed by atoms with Crippen molar-refractivity contribution in [3.05, 3.63) is 58.8 Å². The van der Waals surface area contributed by atoms with E-state index in [4.69, 9.17) is 8.83 Å². The summed E-state index contributed by atoms with van der Waals surface area (Å²) in [5.41, 5.74) is 1.68. The summed E-state index contributed by atoms with van der Waals surface area (Å²) in [5.74, 6) is -0.717. The Morgan fingerprint density at radius 2 is 2.18 bits per heavy atom. The molecule has 0 fully saturated rings. The molecular weight excluding hydrogens is 286 g/mol. The number of rotatable bonds is 4. The van der Waals surface area contributed by atoms with E-state index in [0.29, 0.717) is 11.4 Å². The Hall–Kier alpha value is -3.09. The molecule has 7 heteroatoms. The van der Waals surface area contributed by atoms with E-state index in [9.17, 15) is 9.59 Å². The van der Waals surface area contributed by atoms with Gasteiger partial charge >= 0.3 is 5.76 Å². The van der Waals surface area contributed by atoms with E-state index in [1.807, 2.05) is 25.1 Å². The topological polar surface area (TPSA) is 90.3 Å². The highest BCUT2D eigenvalue weighted by molar-refractivity contribution is 5.90. The molecule has 1 aromatic carbocycles. The van der Waals surface area contributed by atoms with Gasteiger partial charge in [-0.1, -0.05) is 12.1 Å². The Bertz CT molecular complexity index is 846. The zero-order valence-electron chi connectivity index (χ0n) is 11.8. The quantitative estimate of drug-likeness (QED) is 0.796. The molecular formula is C15H13N3O4. The van der Waals surface area contributed by atoms with Gasteiger partial charge in [0.25, 0.3) is 5.89 Å². The number of hydrogen-bond donors (Lipinski definition) is 1. The van der Waals surface area contributed by atoms with Crippen molar-refractivity contribution in [2.75, 3.05) is 5.32 Å². The third-order valence-electron chi connectivity index (χ3n) is 2.93. The Labute approximate surface area is 125 Å². The number of anilines is 1. The van der Waals surface area contributed by atoms with E-state index in [-0.39, 0.29) is 18.3 Å². The van der Waals surface area contributed by atoms with Gasteiger partial charge in [-0.3, -0.25) is 4.79 Å². The third kappa shape index (κ3) is 2.98. The van der Waals surface area contributed by atoms with E-state index in [2.05, 4.69) is 10.4 Å². The summed E-state index contributed by atoms with van der Waals surface area (Å²) < 4.78 is 11.0. The van der Waals surface area contributed by atoms with E-state index >= 15 is 0 Å². The summed E-state index contributed by atoms with van der Waals surface area (Å²) in [7, 11) is 0. The normalized spacial score (nSPS) is 10.6. The van der Waals surface area contributed by atoms with E-state index in [1.165, 1.54) is 6.26 Å². The second kappa shape index (κ2) is 5.72. The van der Waals surface area contributed by atoms with Crippen LogP contribution < -0.4 is 11.1 Å². The van der Waals surface area contributed by atoms with Crippen LogP contribution in [0.2, 0.25) is 0 Å². The van der Waals surface area contributed by atoms with Crippen molar-refractivity contribution < 1.29 is 13.6 Å². The van der Waals surface area contributed by atoms with Gasteiger partial charge in [-0.2, -0.15) is 4.68 Å². The van der Waals surface area contributed by atoms with Crippen LogP contribution in [0.1, 0.15) is 5.56 Å². The largest absolute Gasteiger partial charge is 0.459 e. The molecule has 0 aliphatic heterocycles. The van der Waals surface area contributed by atoms with Gasteiger partial charge in [0.2, 0.25) is 5.91 Å². The number of carbonyl (C=O) groups excluding carboxylic acids is 1. The highest BCUT2D eigenvalue weighted by atomic mass is 16.4. The van der Waals surface area contributed by atoms with Crippen molar-refractivity contribution in [2.45, 2.75) is 13.5 Å². The monoisotopic (exact) mass is 299 g/mol. The van der Waals surface area contributed by atoms with Crippen LogP contribution in [0, 0.1) is 6.92 Å². The molecule has 0 bridgehead atoms. The Morgan fingerprint density at radius 1 is 1.32 bits per heavy atom. The van der Waals surface area contributed by atoms with Crippen LogP contribution in [0.25, 0.3) is 11.7 Å². The van der Waals surface area contributed by atoms with Gasteiger partial charge in [-0.25, -0.2) is 4.79 Å². The van der Waals surface area contributed by atoms with Crippen molar-refractivity contribution in [3.63, 3.8) is 0 Å². The Balaban J connectivity index is 1.73. The van der Waals surface area contributed by atoms with Crippen LogP contribution in [0.3, 0.4) is 0 Å². The third-order valence-corrected chi connectivity index (χ3v) is 2.93. The highest BCUT2D eigenvalue weighted by Crippen LogP contribution is 2.15. The first-order chi connectivity index (χ1) is 10.6. The number of amides is 1. The number of hydrogen-bond acceptors (Lipinski definition) is 5. The lowest BCUT2D eigenvalue weighted by Gasteiger charge is -2.04. The van der Waals surface area contributed by atoms with Gasteiger partial charge in [-0.05, 0) is 36.8 Å². The van der Waals surface area contributed by atoms with Gasteiger partial charge < -0.3 is 14.2 Å². The molecule has 2 aromatic heterocycles. The van der Waals surface area contributed by atoms with Crippen LogP contribution in [0.5, 0.6) is 0 Å². The molecule has 22 heavy (non-hydrogen) atoms. The molecule has 3 rings (SSSR count). The minimum atomic E-state index is -0.717. The summed E-state index contributed by atoms with van der Waals surface area (Å²) in [6, 6.07) is 10.6. The van der Waals surface area contributed by atoms with Gasteiger partial charge in [0.05, 0.1) is 6.26 Å². The van der Waals surface area contributed by atoms with Gasteiger partial charge in [-0.15, -0.1) is 5.10 Å². The maximum atomic E-state index is 12.0. The minimum absolute atomic E-state index is 0.0401. The van der Waals surface area contributed by atoms with E-state index < -0.39 is 5.76 Å². The maximum absolute atomic E-state index is 12.0. The number of aryl methyl sites for hydroxylation is 1. The van der Waals surface area contributed by atoms with E-state index in [1.54, 1.807) is 18.2 Å². The van der Waals surface area contributed by atoms with Crippen molar-refractivity contribution in [1.29, 1.82) is 0 Å². The first-order valence-corrected chi connectivity index (χ1v) is 6.60. The SMILES string of the molecule is Cc1cccc(NC(=O)Cn2nc(-c3ccco3)oc2=O)c1. The lowest BCUT2D eigenvalue weighted by molar-refractivity contribution is -0.117. The van der Waals surface area contributed by atoms with Crippen molar-refractivity contribution in [3.8, 4) is 11.7 Å². The molecule has 112 valence electrons. The van der Waals surface area contributed by atoms with Crippen molar-refractivity contribution >= 4 is 11.6 Å². The molecule has 0 saturated carbocycles. The van der Waals surface area contributed by atoms with Crippen molar-refractivity contribution in [1.82, 2.24) is 9.78 Å². The van der Waals surface area contributed by atoms with Crippen LogP contribution in [0.15, 0.2) is 56.3 Å². The molecule has 0 aliphatic carbocycles. The summed E-state index contributed by atoms with van der Waals surface area (Å²) >= 11 is 0. The zero-order chi connectivity index (χ0) is 15.5. The number of furan rings is 1. The van der Waals surface area contributed by atoms with Gasteiger partial charge in [0, 0.05) is 5.69 Å². The van der Waals surface area contributed by atoms with Crippen molar-refractivity contribution in [2.24, 2.45) is 0 Å². The van der Waals surface area contributed by atoms with Crippen LogP contribution >= 0.6 is 0 Å². The molecule has 0 radical (unpaired) electrons. The Kier molecular flexibility index (Phi) is 3.61.